The van der Waals surface area contributed by atoms with E-state index in [0.717, 1.165) is 18.5 Å². The number of aliphatic carboxylic acids is 1. The third-order valence-electron chi connectivity index (χ3n) is 4.05. The lowest BCUT2D eigenvalue weighted by Crippen LogP contribution is -2.25. The van der Waals surface area contributed by atoms with Crippen LogP contribution in [0, 0.1) is 5.41 Å². The van der Waals surface area contributed by atoms with Crippen LogP contribution in [0.2, 0.25) is 0 Å². The lowest BCUT2D eigenvalue weighted by molar-refractivity contribution is -0.139. The Morgan fingerprint density at radius 1 is 1.21 bits per heavy atom. The van der Waals surface area contributed by atoms with Gasteiger partial charge >= 0.3 is 5.97 Å². The number of rotatable bonds is 7. The van der Waals surface area contributed by atoms with Crippen molar-refractivity contribution in [2.75, 3.05) is 11.9 Å². The van der Waals surface area contributed by atoms with Gasteiger partial charge in [0.2, 0.25) is 11.8 Å². The lowest BCUT2D eigenvalue weighted by Gasteiger charge is -2.21. The quantitative estimate of drug-likeness (QED) is 0.803. The monoisotopic (exact) mass is 332 g/mol. The molecule has 2 rings (SSSR count). The highest BCUT2D eigenvalue weighted by atomic mass is 16.4. The van der Waals surface area contributed by atoms with Crippen LogP contribution >= 0.6 is 0 Å². The molecule has 0 radical (unpaired) electrons. The van der Waals surface area contributed by atoms with Gasteiger partial charge in [0, 0.05) is 31.6 Å². The summed E-state index contributed by atoms with van der Waals surface area (Å²) < 4.78 is 0. The van der Waals surface area contributed by atoms with Gasteiger partial charge in [0.05, 0.1) is 6.42 Å². The smallest absolute Gasteiger partial charge is 0.303 e. The van der Waals surface area contributed by atoms with E-state index in [1.807, 2.05) is 17.0 Å². The standard InChI is InChI=1S/C18H24N2O4/c1-18(2,11-17(23)24)10-15(21)19-14-7-5-13(6-8-14)12-20-9-3-4-16(20)22/h5-8H,3-4,9-12H2,1-2H3,(H,19,21)(H,23,24). The first-order valence-corrected chi connectivity index (χ1v) is 8.13. The Hall–Kier alpha value is -2.37. The van der Waals surface area contributed by atoms with E-state index in [9.17, 15) is 14.4 Å². The Labute approximate surface area is 141 Å². The summed E-state index contributed by atoms with van der Waals surface area (Å²) >= 11 is 0. The third-order valence-corrected chi connectivity index (χ3v) is 4.05. The number of likely N-dealkylation sites (tertiary alicyclic amines) is 1. The number of carboxylic acids is 1. The molecule has 0 aromatic heterocycles. The van der Waals surface area contributed by atoms with Gasteiger partial charge in [-0.3, -0.25) is 14.4 Å². The number of hydrogen-bond acceptors (Lipinski definition) is 3. The number of benzene rings is 1. The molecule has 0 bridgehead atoms. The summed E-state index contributed by atoms with van der Waals surface area (Å²) in [6.45, 7) is 4.92. The fourth-order valence-corrected chi connectivity index (χ4v) is 2.90. The molecule has 2 N–H and O–H groups in total. The van der Waals surface area contributed by atoms with Crippen LogP contribution in [-0.2, 0) is 20.9 Å². The Kier molecular flexibility index (Phi) is 5.59. The molecule has 1 aromatic rings. The summed E-state index contributed by atoms with van der Waals surface area (Å²) in [4.78, 5) is 36.3. The van der Waals surface area contributed by atoms with Crippen molar-refractivity contribution in [2.45, 2.75) is 46.1 Å². The lowest BCUT2D eigenvalue weighted by atomic mass is 9.85. The third kappa shape index (κ3) is 5.37. The Morgan fingerprint density at radius 3 is 2.42 bits per heavy atom. The van der Waals surface area contributed by atoms with Gasteiger partial charge in [0.25, 0.3) is 0 Å². The Balaban J connectivity index is 1.88. The van der Waals surface area contributed by atoms with Crippen LogP contribution in [0.15, 0.2) is 24.3 Å². The van der Waals surface area contributed by atoms with Gasteiger partial charge in [-0.15, -0.1) is 0 Å². The summed E-state index contributed by atoms with van der Waals surface area (Å²) in [5.74, 6) is -0.926. The summed E-state index contributed by atoms with van der Waals surface area (Å²) in [5, 5.41) is 11.6. The molecule has 6 heteroatoms. The molecular weight excluding hydrogens is 308 g/mol. The largest absolute Gasteiger partial charge is 0.481 e. The second kappa shape index (κ2) is 7.47. The van der Waals surface area contributed by atoms with Gasteiger partial charge in [-0.2, -0.15) is 0 Å². The van der Waals surface area contributed by atoms with Crippen molar-refractivity contribution in [1.29, 1.82) is 0 Å². The predicted molar refractivity (Wildman–Crippen MR) is 90.4 cm³/mol. The van der Waals surface area contributed by atoms with Crippen molar-refractivity contribution in [3.63, 3.8) is 0 Å². The van der Waals surface area contributed by atoms with E-state index >= 15 is 0 Å². The van der Waals surface area contributed by atoms with Gasteiger partial charge in [0.15, 0.2) is 0 Å². The Bertz CT molecular complexity index is 622. The van der Waals surface area contributed by atoms with Gasteiger partial charge in [-0.1, -0.05) is 26.0 Å². The summed E-state index contributed by atoms with van der Waals surface area (Å²) in [6, 6.07) is 7.39. The summed E-state index contributed by atoms with van der Waals surface area (Å²) in [7, 11) is 0. The zero-order valence-corrected chi connectivity index (χ0v) is 14.2. The number of amides is 2. The molecule has 0 aliphatic carbocycles. The van der Waals surface area contributed by atoms with E-state index in [2.05, 4.69) is 5.32 Å². The fourth-order valence-electron chi connectivity index (χ4n) is 2.90. The van der Waals surface area contributed by atoms with Gasteiger partial charge in [-0.05, 0) is 29.5 Å². The predicted octanol–water partition coefficient (Wildman–Crippen LogP) is 2.64. The van der Waals surface area contributed by atoms with Gasteiger partial charge in [0.1, 0.15) is 0 Å². The molecule has 130 valence electrons. The van der Waals surface area contributed by atoms with Crippen LogP contribution in [0.1, 0.15) is 45.1 Å². The number of anilines is 1. The number of carbonyl (C=O) groups excluding carboxylic acids is 2. The molecule has 1 heterocycles. The van der Waals surface area contributed by atoms with Crippen molar-refractivity contribution in [3.8, 4) is 0 Å². The maximum absolute atomic E-state index is 12.1. The van der Waals surface area contributed by atoms with E-state index < -0.39 is 11.4 Å². The molecule has 1 aliphatic rings. The topological polar surface area (TPSA) is 86.7 Å². The molecule has 6 nitrogen and oxygen atoms in total. The zero-order chi connectivity index (χ0) is 17.7. The van der Waals surface area contributed by atoms with E-state index in [1.165, 1.54) is 0 Å². The van der Waals surface area contributed by atoms with E-state index in [0.29, 0.717) is 18.7 Å². The second-order valence-corrected chi connectivity index (χ2v) is 7.08. The van der Waals surface area contributed by atoms with Gasteiger partial charge in [-0.25, -0.2) is 0 Å². The molecule has 0 unspecified atom stereocenters. The Morgan fingerprint density at radius 2 is 1.88 bits per heavy atom. The molecule has 1 aromatic carbocycles. The maximum atomic E-state index is 12.1. The van der Waals surface area contributed by atoms with Gasteiger partial charge < -0.3 is 15.3 Å². The number of nitrogens with one attached hydrogen (secondary N) is 1. The first-order valence-electron chi connectivity index (χ1n) is 8.13. The highest BCUT2D eigenvalue weighted by molar-refractivity contribution is 5.91. The molecular formula is C18H24N2O4. The summed E-state index contributed by atoms with van der Waals surface area (Å²) in [5.41, 5.74) is 1.10. The second-order valence-electron chi connectivity index (χ2n) is 7.08. The zero-order valence-electron chi connectivity index (χ0n) is 14.2. The highest BCUT2D eigenvalue weighted by Crippen LogP contribution is 2.25. The van der Waals surface area contributed by atoms with Crippen molar-refractivity contribution >= 4 is 23.5 Å². The molecule has 2 amide bonds. The fraction of sp³-hybridized carbons (Fsp3) is 0.500. The molecule has 1 saturated heterocycles. The van der Waals surface area contributed by atoms with E-state index in [4.69, 9.17) is 5.11 Å². The molecule has 1 fully saturated rings. The van der Waals surface area contributed by atoms with E-state index in [1.54, 1.807) is 26.0 Å². The average Bonchev–Trinajstić information content (AvgIpc) is 2.84. The van der Waals surface area contributed by atoms with Crippen LogP contribution in [0.3, 0.4) is 0 Å². The molecule has 0 atom stereocenters. The van der Waals surface area contributed by atoms with Crippen molar-refractivity contribution in [1.82, 2.24) is 4.90 Å². The number of carboxylic acid groups (broad SMARTS) is 1. The normalized spacial score (nSPS) is 14.8. The number of carbonyl (C=O) groups is 3. The number of hydrogen-bond donors (Lipinski definition) is 2. The van der Waals surface area contributed by atoms with Crippen LogP contribution in [0.4, 0.5) is 5.69 Å². The van der Waals surface area contributed by atoms with Crippen LogP contribution < -0.4 is 5.32 Å². The minimum absolute atomic E-state index is 0.0524. The van der Waals surface area contributed by atoms with Crippen molar-refractivity contribution in [2.24, 2.45) is 5.41 Å². The average molecular weight is 332 g/mol. The molecule has 0 saturated carbocycles. The van der Waals surface area contributed by atoms with Crippen LogP contribution in [0.25, 0.3) is 0 Å². The first-order chi connectivity index (χ1) is 11.2. The first kappa shape index (κ1) is 18.0. The van der Waals surface area contributed by atoms with Crippen LogP contribution in [-0.4, -0.2) is 34.3 Å². The minimum atomic E-state index is -0.909. The highest BCUT2D eigenvalue weighted by Gasteiger charge is 2.25. The maximum Gasteiger partial charge on any atom is 0.303 e. The van der Waals surface area contributed by atoms with Crippen LogP contribution in [0.5, 0.6) is 0 Å². The van der Waals surface area contributed by atoms with Crippen molar-refractivity contribution in [3.05, 3.63) is 29.8 Å². The van der Waals surface area contributed by atoms with E-state index in [-0.39, 0.29) is 24.7 Å². The molecule has 0 spiro atoms. The van der Waals surface area contributed by atoms with Crippen molar-refractivity contribution < 1.29 is 19.5 Å². The number of nitrogens with zero attached hydrogens (tertiary/aromatic N) is 1. The SMILES string of the molecule is CC(C)(CC(=O)O)CC(=O)Nc1ccc(CN2CCCC2=O)cc1. The minimum Gasteiger partial charge on any atom is -0.481 e. The summed E-state index contributed by atoms with van der Waals surface area (Å²) in [6.07, 6.45) is 1.63. The molecule has 24 heavy (non-hydrogen) atoms. The molecule has 1 aliphatic heterocycles.